The van der Waals surface area contributed by atoms with E-state index in [9.17, 15) is 4.79 Å². The number of hydrogen-bond donors (Lipinski definition) is 1. The second-order valence-electron chi connectivity index (χ2n) is 5.37. The minimum absolute atomic E-state index is 0.0394. The molecular weight excluding hydrogens is 290 g/mol. The SMILES string of the molecule is COc1ccccc1CCCNC(=O)COc1ccc(C)cc1. The molecule has 1 amide bonds. The van der Waals surface area contributed by atoms with Crippen LogP contribution < -0.4 is 14.8 Å². The van der Waals surface area contributed by atoms with Crippen molar-refractivity contribution in [1.82, 2.24) is 5.32 Å². The van der Waals surface area contributed by atoms with Crippen molar-refractivity contribution in [2.24, 2.45) is 0 Å². The van der Waals surface area contributed by atoms with E-state index in [1.165, 1.54) is 0 Å². The number of carbonyl (C=O) groups is 1. The Labute approximate surface area is 137 Å². The van der Waals surface area contributed by atoms with Gasteiger partial charge in [0.15, 0.2) is 6.61 Å². The van der Waals surface area contributed by atoms with E-state index in [-0.39, 0.29) is 12.5 Å². The van der Waals surface area contributed by atoms with E-state index in [1.54, 1.807) is 7.11 Å². The molecule has 4 nitrogen and oxygen atoms in total. The van der Waals surface area contributed by atoms with E-state index in [0.29, 0.717) is 12.3 Å². The fraction of sp³-hybridized carbons (Fsp3) is 0.316. The zero-order valence-corrected chi connectivity index (χ0v) is 13.7. The number of benzene rings is 2. The molecule has 23 heavy (non-hydrogen) atoms. The molecule has 2 aromatic rings. The van der Waals surface area contributed by atoms with Crippen LogP contribution in [-0.4, -0.2) is 26.2 Å². The van der Waals surface area contributed by atoms with Gasteiger partial charge in [0.2, 0.25) is 0 Å². The van der Waals surface area contributed by atoms with Gasteiger partial charge in [-0.2, -0.15) is 0 Å². The Morgan fingerprint density at radius 1 is 1.09 bits per heavy atom. The van der Waals surface area contributed by atoms with Gasteiger partial charge in [-0.25, -0.2) is 0 Å². The summed E-state index contributed by atoms with van der Waals surface area (Å²) in [5.74, 6) is 1.49. The van der Waals surface area contributed by atoms with Gasteiger partial charge < -0.3 is 14.8 Å². The standard InChI is InChI=1S/C19H23NO3/c1-15-9-11-17(12-10-15)23-14-19(21)20-13-5-7-16-6-3-4-8-18(16)22-2/h3-4,6,8-12H,5,7,13-14H2,1-2H3,(H,20,21). The molecule has 1 N–H and O–H groups in total. The number of aryl methyl sites for hydroxylation is 2. The van der Waals surface area contributed by atoms with Gasteiger partial charge in [0, 0.05) is 6.54 Å². The van der Waals surface area contributed by atoms with Crippen molar-refractivity contribution in [3.8, 4) is 11.5 Å². The normalized spacial score (nSPS) is 10.2. The molecule has 0 heterocycles. The van der Waals surface area contributed by atoms with Gasteiger partial charge in [-0.3, -0.25) is 4.79 Å². The largest absolute Gasteiger partial charge is 0.496 e. The minimum Gasteiger partial charge on any atom is -0.496 e. The predicted octanol–water partition coefficient (Wildman–Crippen LogP) is 3.13. The molecule has 0 bridgehead atoms. The maximum atomic E-state index is 11.8. The molecule has 0 aromatic heterocycles. The lowest BCUT2D eigenvalue weighted by Gasteiger charge is -2.09. The van der Waals surface area contributed by atoms with Gasteiger partial charge >= 0.3 is 0 Å². The van der Waals surface area contributed by atoms with Crippen molar-refractivity contribution in [3.05, 3.63) is 59.7 Å². The molecule has 2 rings (SSSR count). The second kappa shape index (κ2) is 8.83. The monoisotopic (exact) mass is 313 g/mol. The van der Waals surface area contributed by atoms with Crippen molar-refractivity contribution >= 4 is 5.91 Å². The molecule has 0 aliphatic heterocycles. The van der Waals surface area contributed by atoms with Crippen LogP contribution in [0.5, 0.6) is 11.5 Å². The van der Waals surface area contributed by atoms with Gasteiger partial charge in [-0.1, -0.05) is 35.9 Å². The summed E-state index contributed by atoms with van der Waals surface area (Å²) in [4.78, 5) is 11.8. The molecule has 0 fully saturated rings. The maximum Gasteiger partial charge on any atom is 0.257 e. The summed E-state index contributed by atoms with van der Waals surface area (Å²) in [6, 6.07) is 15.6. The lowest BCUT2D eigenvalue weighted by molar-refractivity contribution is -0.123. The van der Waals surface area contributed by atoms with Crippen LogP contribution in [0.15, 0.2) is 48.5 Å². The minimum atomic E-state index is -0.106. The van der Waals surface area contributed by atoms with Crippen molar-refractivity contribution < 1.29 is 14.3 Å². The van der Waals surface area contributed by atoms with Crippen molar-refractivity contribution in [2.75, 3.05) is 20.3 Å². The molecule has 0 aliphatic rings. The summed E-state index contributed by atoms with van der Waals surface area (Å²) in [6.07, 6.45) is 1.72. The lowest BCUT2D eigenvalue weighted by atomic mass is 10.1. The number of ether oxygens (including phenoxy) is 2. The fourth-order valence-corrected chi connectivity index (χ4v) is 2.25. The first-order chi connectivity index (χ1) is 11.2. The Hall–Kier alpha value is -2.49. The molecule has 122 valence electrons. The van der Waals surface area contributed by atoms with E-state index in [0.717, 1.165) is 29.7 Å². The zero-order valence-electron chi connectivity index (χ0n) is 13.7. The van der Waals surface area contributed by atoms with E-state index in [1.807, 2.05) is 55.5 Å². The molecule has 0 unspecified atom stereocenters. The van der Waals surface area contributed by atoms with E-state index in [4.69, 9.17) is 9.47 Å². The average Bonchev–Trinajstić information content (AvgIpc) is 2.58. The van der Waals surface area contributed by atoms with Crippen molar-refractivity contribution in [2.45, 2.75) is 19.8 Å². The van der Waals surface area contributed by atoms with Crippen LogP contribution >= 0.6 is 0 Å². The highest BCUT2D eigenvalue weighted by Crippen LogP contribution is 2.18. The lowest BCUT2D eigenvalue weighted by Crippen LogP contribution is -2.29. The highest BCUT2D eigenvalue weighted by Gasteiger charge is 2.04. The van der Waals surface area contributed by atoms with Crippen LogP contribution in [0.2, 0.25) is 0 Å². The van der Waals surface area contributed by atoms with Crippen molar-refractivity contribution in [3.63, 3.8) is 0 Å². The molecule has 0 atom stereocenters. The summed E-state index contributed by atoms with van der Waals surface area (Å²) in [5.41, 5.74) is 2.32. The topological polar surface area (TPSA) is 47.6 Å². The molecule has 0 spiro atoms. The molecule has 2 aromatic carbocycles. The Bertz CT molecular complexity index is 623. The number of carbonyl (C=O) groups excluding carboxylic acids is 1. The van der Waals surface area contributed by atoms with Crippen LogP contribution in [0.4, 0.5) is 0 Å². The number of rotatable bonds is 8. The Morgan fingerprint density at radius 3 is 2.57 bits per heavy atom. The van der Waals surface area contributed by atoms with Gasteiger partial charge in [-0.15, -0.1) is 0 Å². The third-order valence-corrected chi connectivity index (χ3v) is 3.53. The van der Waals surface area contributed by atoms with Crippen LogP contribution in [0.25, 0.3) is 0 Å². The van der Waals surface area contributed by atoms with Crippen LogP contribution in [-0.2, 0) is 11.2 Å². The van der Waals surface area contributed by atoms with Crippen LogP contribution in [0.3, 0.4) is 0 Å². The molecule has 0 radical (unpaired) electrons. The molecular formula is C19H23NO3. The van der Waals surface area contributed by atoms with Gasteiger partial charge in [-0.05, 0) is 43.5 Å². The Balaban J connectivity index is 1.66. The third-order valence-electron chi connectivity index (χ3n) is 3.53. The average molecular weight is 313 g/mol. The third kappa shape index (κ3) is 5.66. The number of para-hydroxylation sites is 1. The van der Waals surface area contributed by atoms with E-state index < -0.39 is 0 Å². The Morgan fingerprint density at radius 2 is 1.83 bits per heavy atom. The smallest absolute Gasteiger partial charge is 0.257 e. The summed E-state index contributed by atoms with van der Waals surface area (Å²) in [5, 5.41) is 2.87. The number of hydrogen-bond acceptors (Lipinski definition) is 3. The first-order valence-corrected chi connectivity index (χ1v) is 7.77. The summed E-state index contributed by atoms with van der Waals surface area (Å²) < 4.78 is 10.8. The number of amides is 1. The highest BCUT2D eigenvalue weighted by molar-refractivity contribution is 5.77. The molecule has 0 saturated carbocycles. The van der Waals surface area contributed by atoms with Gasteiger partial charge in [0.05, 0.1) is 7.11 Å². The molecule has 0 aliphatic carbocycles. The fourth-order valence-electron chi connectivity index (χ4n) is 2.25. The quantitative estimate of drug-likeness (QED) is 0.762. The van der Waals surface area contributed by atoms with Crippen LogP contribution in [0.1, 0.15) is 17.5 Å². The summed E-state index contributed by atoms with van der Waals surface area (Å²) in [6.45, 7) is 2.67. The first kappa shape index (κ1) is 16.9. The Kier molecular flexibility index (Phi) is 6.48. The van der Waals surface area contributed by atoms with E-state index >= 15 is 0 Å². The maximum absolute atomic E-state index is 11.8. The number of nitrogens with one attached hydrogen (secondary N) is 1. The second-order valence-corrected chi connectivity index (χ2v) is 5.37. The summed E-state index contributed by atoms with van der Waals surface area (Å²) in [7, 11) is 1.67. The first-order valence-electron chi connectivity index (χ1n) is 7.77. The van der Waals surface area contributed by atoms with Crippen molar-refractivity contribution in [1.29, 1.82) is 0 Å². The zero-order chi connectivity index (χ0) is 16.5. The highest BCUT2D eigenvalue weighted by atomic mass is 16.5. The predicted molar refractivity (Wildman–Crippen MR) is 91.0 cm³/mol. The number of methoxy groups -OCH3 is 1. The molecule has 4 heteroatoms. The van der Waals surface area contributed by atoms with E-state index in [2.05, 4.69) is 5.32 Å². The molecule has 0 saturated heterocycles. The van der Waals surface area contributed by atoms with Gasteiger partial charge in [0.1, 0.15) is 11.5 Å². The van der Waals surface area contributed by atoms with Crippen LogP contribution in [0, 0.1) is 6.92 Å². The van der Waals surface area contributed by atoms with Gasteiger partial charge in [0.25, 0.3) is 5.91 Å². The summed E-state index contributed by atoms with van der Waals surface area (Å²) >= 11 is 0.